The maximum Gasteiger partial charge on any atom is 0.126 e. The van der Waals surface area contributed by atoms with Crippen molar-refractivity contribution >= 4 is 9.39 Å². The fourth-order valence-electron chi connectivity index (χ4n) is 4.47. The van der Waals surface area contributed by atoms with E-state index in [1.165, 1.54) is 5.56 Å². The molecule has 0 saturated heterocycles. The van der Waals surface area contributed by atoms with Crippen LogP contribution in [0.2, 0.25) is 0 Å². The van der Waals surface area contributed by atoms with Gasteiger partial charge in [-0.25, -0.2) is 0 Å². The SMILES string of the molecule is C#C.CC.CC(C1C=CC=CC1)N(P)Cc1ccccc1.Cc1cc(C)c(O)c(-c2cc(C)cc(C)c2O)c1. The molecule has 3 unspecified atom stereocenters. The summed E-state index contributed by atoms with van der Waals surface area (Å²) in [6.45, 7) is 15.0. The molecule has 3 aromatic rings. The molecule has 0 saturated carbocycles. The Morgan fingerprint density at radius 3 is 1.77 bits per heavy atom. The van der Waals surface area contributed by atoms with Crippen LogP contribution < -0.4 is 0 Å². The summed E-state index contributed by atoms with van der Waals surface area (Å²) in [5, 5.41) is 20.3. The number of benzene rings is 3. The first-order chi connectivity index (χ1) is 18.7. The molecule has 3 nitrogen and oxygen atoms in total. The highest BCUT2D eigenvalue weighted by Gasteiger charge is 2.19. The van der Waals surface area contributed by atoms with Gasteiger partial charge in [0, 0.05) is 23.7 Å². The van der Waals surface area contributed by atoms with Crippen LogP contribution in [-0.4, -0.2) is 20.9 Å². The summed E-state index contributed by atoms with van der Waals surface area (Å²) in [5.74, 6) is 1.10. The van der Waals surface area contributed by atoms with Crippen molar-refractivity contribution in [3.8, 4) is 35.5 Å². The number of aryl methyl sites for hydroxylation is 4. The van der Waals surface area contributed by atoms with Crippen molar-refractivity contribution in [2.24, 2.45) is 5.92 Å². The molecule has 3 atom stereocenters. The van der Waals surface area contributed by atoms with Crippen LogP contribution in [0.1, 0.15) is 55.0 Å². The summed E-state index contributed by atoms with van der Waals surface area (Å²) in [7, 11) is 2.87. The molecule has 0 fully saturated rings. The van der Waals surface area contributed by atoms with Crippen LogP contribution in [0.4, 0.5) is 0 Å². The Morgan fingerprint density at radius 1 is 0.846 bits per heavy atom. The molecule has 0 spiro atoms. The van der Waals surface area contributed by atoms with E-state index in [1.807, 2.05) is 65.8 Å². The van der Waals surface area contributed by atoms with E-state index in [-0.39, 0.29) is 11.5 Å². The topological polar surface area (TPSA) is 43.7 Å². The number of nitrogens with zero attached hydrogens (tertiary/aromatic N) is 1. The molecular formula is C35H46NO2P. The predicted octanol–water partition coefficient (Wildman–Crippen LogP) is 9.07. The van der Waals surface area contributed by atoms with Crippen LogP contribution in [0.3, 0.4) is 0 Å². The number of phenols is 2. The van der Waals surface area contributed by atoms with Crippen LogP contribution >= 0.6 is 9.39 Å². The lowest BCUT2D eigenvalue weighted by Crippen LogP contribution is -2.30. The van der Waals surface area contributed by atoms with Crippen molar-refractivity contribution in [3.05, 3.63) is 107 Å². The van der Waals surface area contributed by atoms with E-state index in [0.29, 0.717) is 23.1 Å². The first-order valence-corrected chi connectivity index (χ1v) is 14.0. The van der Waals surface area contributed by atoms with Gasteiger partial charge in [0.2, 0.25) is 0 Å². The lowest BCUT2D eigenvalue weighted by atomic mass is 9.93. The van der Waals surface area contributed by atoms with Gasteiger partial charge in [0.05, 0.1) is 0 Å². The summed E-state index contributed by atoms with van der Waals surface area (Å²) in [5.41, 5.74) is 6.53. The predicted molar refractivity (Wildman–Crippen MR) is 173 cm³/mol. The van der Waals surface area contributed by atoms with E-state index in [9.17, 15) is 10.2 Å². The Labute approximate surface area is 239 Å². The third-order valence-electron chi connectivity index (χ3n) is 6.54. The molecule has 1 aliphatic carbocycles. The minimum atomic E-state index is 0.237. The largest absolute Gasteiger partial charge is 0.507 e. The van der Waals surface area contributed by atoms with Crippen molar-refractivity contribution in [1.82, 2.24) is 4.67 Å². The van der Waals surface area contributed by atoms with E-state index in [0.717, 1.165) is 35.2 Å². The smallest absolute Gasteiger partial charge is 0.126 e. The summed E-state index contributed by atoms with van der Waals surface area (Å²) in [6.07, 6.45) is 18.0. The van der Waals surface area contributed by atoms with Gasteiger partial charge >= 0.3 is 0 Å². The van der Waals surface area contributed by atoms with Gasteiger partial charge in [0.25, 0.3) is 0 Å². The van der Waals surface area contributed by atoms with E-state index in [4.69, 9.17) is 0 Å². The van der Waals surface area contributed by atoms with Crippen LogP contribution in [0, 0.1) is 46.5 Å². The molecule has 3 aromatic carbocycles. The van der Waals surface area contributed by atoms with E-state index in [2.05, 4.69) is 88.5 Å². The third-order valence-corrected chi connectivity index (χ3v) is 7.20. The molecule has 0 bridgehead atoms. The van der Waals surface area contributed by atoms with Crippen molar-refractivity contribution in [2.45, 2.75) is 67.5 Å². The number of rotatable bonds is 5. The zero-order valence-electron chi connectivity index (χ0n) is 24.6. The van der Waals surface area contributed by atoms with Crippen molar-refractivity contribution < 1.29 is 10.2 Å². The first kappa shape index (κ1) is 33.7. The minimum absolute atomic E-state index is 0.237. The third kappa shape index (κ3) is 10.1. The number of aromatic hydroxyl groups is 2. The highest BCUT2D eigenvalue weighted by atomic mass is 31.0. The normalized spacial score (nSPS) is 14.2. The highest BCUT2D eigenvalue weighted by Crippen LogP contribution is 2.40. The second-order valence-corrected chi connectivity index (χ2v) is 10.2. The van der Waals surface area contributed by atoms with Gasteiger partial charge in [-0.2, -0.15) is 0 Å². The molecule has 1 aliphatic rings. The maximum absolute atomic E-state index is 10.2. The molecule has 0 aromatic heterocycles. The standard InChI is InChI=1S/C16H18O2.C15H20NP.C2H6.C2H2/c1-9-5-11(3)15(17)13(7-9)14-8-10(2)6-12(4)16(14)18;1-13(15-10-6-3-7-11-15)16(17)12-14-8-4-2-5-9-14;2*1-2/h5-8,17-18H,1-4H3;2-10,13,15H,11-12,17H2,1H3;1-2H3;1-2H. The second kappa shape index (κ2) is 17.3. The lowest BCUT2D eigenvalue weighted by molar-refractivity contribution is 0.300. The number of terminal acetylenes is 1. The van der Waals surface area contributed by atoms with E-state index >= 15 is 0 Å². The quantitative estimate of drug-likeness (QED) is 0.249. The monoisotopic (exact) mass is 543 g/mol. The summed E-state index contributed by atoms with van der Waals surface area (Å²) in [4.78, 5) is 0. The fourth-order valence-corrected chi connectivity index (χ4v) is 4.90. The number of hydrogen-bond donors (Lipinski definition) is 2. The van der Waals surface area contributed by atoms with Gasteiger partial charge in [-0.15, -0.1) is 12.8 Å². The molecule has 208 valence electrons. The number of allylic oxidation sites excluding steroid dienone is 3. The molecule has 0 amide bonds. The molecular weight excluding hydrogens is 497 g/mol. The average Bonchev–Trinajstić information content (AvgIpc) is 2.96. The van der Waals surface area contributed by atoms with Crippen molar-refractivity contribution in [3.63, 3.8) is 0 Å². The molecule has 0 heterocycles. The molecule has 2 N–H and O–H groups in total. The van der Waals surface area contributed by atoms with Gasteiger partial charge < -0.3 is 10.2 Å². The van der Waals surface area contributed by atoms with Crippen LogP contribution in [0.15, 0.2) is 78.9 Å². The summed E-state index contributed by atoms with van der Waals surface area (Å²) in [6, 6.07) is 18.8. The van der Waals surface area contributed by atoms with Crippen LogP contribution in [-0.2, 0) is 6.54 Å². The molecule has 4 heteroatoms. The number of hydrogen-bond acceptors (Lipinski definition) is 3. The van der Waals surface area contributed by atoms with Crippen LogP contribution in [0.25, 0.3) is 11.1 Å². The van der Waals surface area contributed by atoms with Crippen molar-refractivity contribution in [2.75, 3.05) is 0 Å². The van der Waals surface area contributed by atoms with E-state index < -0.39 is 0 Å². The van der Waals surface area contributed by atoms with Gasteiger partial charge in [0.15, 0.2) is 0 Å². The minimum Gasteiger partial charge on any atom is -0.507 e. The first-order valence-electron chi connectivity index (χ1n) is 13.5. The zero-order chi connectivity index (χ0) is 29.5. The maximum atomic E-state index is 10.2. The van der Waals surface area contributed by atoms with Gasteiger partial charge in [-0.1, -0.05) is 90.0 Å². The van der Waals surface area contributed by atoms with E-state index in [1.54, 1.807) is 0 Å². The Kier molecular flexibility index (Phi) is 15.0. The molecule has 4 rings (SSSR count). The Bertz CT molecular complexity index is 1190. The zero-order valence-corrected chi connectivity index (χ0v) is 25.8. The summed E-state index contributed by atoms with van der Waals surface area (Å²) >= 11 is 0. The molecule has 0 radical (unpaired) electrons. The fraction of sp³-hybridized carbons (Fsp3) is 0.314. The second-order valence-electron chi connectivity index (χ2n) is 9.57. The molecule has 39 heavy (non-hydrogen) atoms. The highest BCUT2D eigenvalue weighted by molar-refractivity contribution is 7.13. The Balaban J connectivity index is 0.000000347. The Hall–Kier alpha value is -3.31. The average molecular weight is 544 g/mol. The number of phenolic OH excluding ortho intramolecular Hbond substituents is 2. The van der Waals surface area contributed by atoms with Crippen molar-refractivity contribution in [1.29, 1.82) is 0 Å². The van der Waals surface area contributed by atoms with Crippen LogP contribution in [0.5, 0.6) is 11.5 Å². The Morgan fingerprint density at radius 2 is 1.33 bits per heavy atom. The van der Waals surface area contributed by atoms with Gasteiger partial charge in [0.1, 0.15) is 11.5 Å². The van der Waals surface area contributed by atoms with Gasteiger partial charge in [-0.05, 0) is 86.9 Å². The summed E-state index contributed by atoms with van der Waals surface area (Å²) < 4.78 is 2.35. The lowest BCUT2D eigenvalue weighted by Gasteiger charge is -2.30. The molecule has 0 aliphatic heterocycles. The van der Waals surface area contributed by atoms with Gasteiger partial charge in [-0.3, -0.25) is 4.67 Å².